The molecule has 3 aliphatic rings. The first-order valence-corrected chi connectivity index (χ1v) is 8.41. The van der Waals surface area contributed by atoms with Crippen molar-refractivity contribution < 1.29 is 14.6 Å². The van der Waals surface area contributed by atoms with E-state index in [9.17, 15) is 5.11 Å². The maximum atomic E-state index is 10.5. The van der Waals surface area contributed by atoms with Gasteiger partial charge in [0.15, 0.2) is 0 Å². The molecule has 4 atom stereocenters. The molecule has 2 saturated carbocycles. The Hall–Kier alpha value is -1.10. The highest BCUT2D eigenvalue weighted by molar-refractivity contribution is 5.30. The largest absolute Gasteiger partial charge is 0.497 e. The zero-order valence-corrected chi connectivity index (χ0v) is 13.1. The van der Waals surface area contributed by atoms with Crippen LogP contribution in [0.25, 0.3) is 0 Å². The van der Waals surface area contributed by atoms with E-state index in [2.05, 4.69) is 5.32 Å². The van der Waals surface area contributed by atoms with Crippen molar-refractivity contribution >= 4 is 0 Å². The van der Waals surface area contributed by atoms with Crippen molar-refractivity contribution in [3.63, 3.8) is 0 Å². The summed E-state index contributed by atoms with van der Waals surface area (Å²) < 4.78 is 11.2. The van der Waals surface area contributed by atoms with Gasteiger partial charge in [0.2, 0.25) is 0 Å². The van der Waals surface area contributed by atoms with Crippen LogP contribution in [-0.2, 0) is 4.74 Å². The van der Waals surface area contributed by atoms with Crippen LogP contribution < -0.4 is 10.1 Å². The Labute approximate surface area is 131 Å². The van der Waals surface area contributed by atoms with Gasteiger partial charge in [-0.3, -0.25) is 0 Å². The summed E-state index contributed by atoms with van der Waals surface area (Å²) in [6.07, 6.45) is 5.03. The third kappa shape index (κ3) is 2.08. The second-order valence-electron chi connectivity index (χ2n) is 7.01. The predicted octanol–water partition coefficient (Wildman–Crippen LogP) is 2.28. The molecule has 4 nitrogen and oxygen atoms in total. The second kappa shape index (κ2) is 5.52. The smallest absolute Gasteiger partial charge is 0.119 e. The summed E-state index contributed by atoms with van der Waals surface area (Å²) in [6.45, 7) is 1.51. The molecule has 1 aromatic carbocycles. The molecule has 1 heterocycles. The number of benzene rings is 1. The topological polar surface area (TPSA) is 50.7 Å². The number of nitrogens with one attached hydrogen (secondary N) is 1. The van der Waals surface area contributed by atoms with Crippen molar-refractivity contribution in [1.82, 2.24) is 5.32 Å². The maximum absolute atomic E-state index is 10.5. The van der Waals surface area contributed by atoms with E-state index >= 15 is 0 Å². The number of rotatable bonds is 5. The van der Waals surface area contributed by atoms with Gasteiger partial charge in [-0.2, -0.15) is 0 Å². The zero-order valence-electron chi connectivity index (χ0n) is 13.1. The molecule has 0 bridgehead atoms. The molecule has 22 heavy (non-hydrogen) atoms. The van der Waals surface area contributed by atoms with E-state index in [4.69, 9.17) is 9.47 Å². The minimum Gasteiger partial charge on any atom is -0.497 e. The van der Waals surface area contributed by atoms with Gasteiger partial charge in [0.1, 0.15) is 5.75 Å². The third-order valence-corrected chi connectivity index (χ3v) is 6.05. The summed E-state index contributed by atoms with van der Waals surface area (Å²) in [7, 11) is 1.65. The SMILES string of the molecule is COc1cccc([C@@H](O)CN[C@H]2[C@H]3CCO[C@H]3C23CCC3)c1. The minimum atomic E-state index is -0.492. The van der Waals surface area contributed by atoms with Crippen LogP contribution in [0.1, 0.15) is 37.4 Å². The molecule has 1 aromatic rings. The highest BCUT2D eigenvalue weighted by atomic mass is 16.5. The first kappa shape index (κ1) is 14.5. The molecular formula is C18H25NO3. The average molecular weight is 303 g/mol. The lowest BCUT2D eigenvalue weighted by molar-refractivity contribution is -0.177. The number of aliphatic hydroxyl groups is 1. The Bertz CT molecular complexity index is 543. The quantitative estimate of drug-likeness (QED) is 0.876. The molecule has 0 aromatic heterocycles. The Morgan fingerprint density at radius 2 is 2.32 bits per heavy atom. The van der Waals surface area contributed by atoms with E-state index in [0.29, 0.717) is 30.0 Å². The van der Waals surface area contributed by atoms with E-state index < -0.39 is 6.10 Å². The van der Waals surface area contributed by atoms with Gasteiger partial charge >= 0.3 is 0 Å². The summed E-state index contributed by atoms with van der Waals surface area (Å²) >= 11 is 0. The van der Waals surface area contributed by atoms with Gasteiger partial charge in [-0.05, 0) is 37.0 Å². The van der Waals surface area contributed by atoms with Crippen LogP contribution >= 0.6 is 0 Å². The zero-order chi connectivity index (χ0) is 15.2. The molecule has 4 heteroatoms. The highest BCUT2D eigenvalue weighted by Crippen LogP contribution is 2.62. The maximum Gasteiger partial charge on any atom is 0.119 e. The summed E-state index contributed by atoms with van der Waals surface area (Å²) in [6, 6.07) is 8.22. The average Bonchev–Trinajstić information content (AvgIpc) is 2.91. The molecule has 4 rings (SSSR count). The van der Waals surface area contributed by atoms with E-state index in [-0.39, 0.29) is 0 Å². The lowest BCUT2D eigenvalue weighted by atomic mass is 9.46. The number of hydrogen-bond donors (Lipinski definition) is 2. The monoisotopic (exact) mass is 303 g/mol. The summed E-state index contributed by atoms with van der Waals surface area (Å²) in [5.41, 5.74) is 1.28. The summed E-state index contributed by atoms with van der Waals surface area (Å²) in [4.78, 5) is 0. The second-order valence-corrected chi connectivity index (χ2v) is 7.01. The molecule has 2 aliphatic carbocycles. The molecule has 1 spiro atoms. The van der Waals surface area contributed by atoms with Gasteiger partial charge in [0.05, 0.1) is 19.3 Å². The van der Waals surface area contributed by atoms with Gasteiger partial charge in [-0.15, -0.1) is 0 Å². The third-order valence-electron chi connectivity index (χ3n) is 6.05. The van der Waals surface area contributed by atoms with E-state index in [1.54, 1.807) is 7.11 Å². The number of ether oxygens (including phenoxy) is 2. The van der Waals surface area contributed by atoms with Crippen molar-refractivity contribution in [2.75, 3.05) is 20.3 Å². The molecule has 2 N–H and O–H groups in total. The fourth-order valence-corrected chi connectivity index (χ4v) is 4.77. The van der Waals surface area contributed by atoms with Crippen LogP contribution in [0.15, 0.2) is 24.3 Å². The van der Waals surface area contributed by atoms with Crippen molar-refractivity contribution in [1.29, 1.82) is 0 Å². The van der Waals surface area contributed by atoms with Gasteiger partial charge in [-0.25, -0.2) is 0 Å². The highest BCUT2D eigenvalue weighted by Gasteiger charge is 2.66. The number of methoxy groups -OCH3 is 1. The summed E-state index contributed by atoms with van der Waals surface area (Å²) in [5, 5.41) is 14.1. The molecule has 0 unspecified atom stereocenters. The number of hydrogen-bond acceptors (Lipinski definition) is 4. The Balaban J connectivity index is 1.39. The van der Waals surface area contributed by atoms with Gasteiger partial charge in [0.25, 0.3) is 0 Å². The lowest BCUT2D eigenvalue weighted by Crippen LogP contribution is -2.71. The molecule has 120 valence electrons. The molecule has 1 aliphatic heterocycles. The van der Waals surface area contributed by atoms with Gasteiger partial charge in [-0.1, -0.05) is 18.6 Å². The fraction of sp³-hybridized carbons (Fsp3) is 0.667. The molecule has 0 radical (unpaired) electrons. The van der Waals surface area contributed by atoms with Crippen molar-refractivity contribution in [3.05, 3.63) is 29.8 Å². The van der Waals surface area contributed by atoms with Gasteiger partial charge < -0.3 is 19.9 Å². The minimum absolute atomic E-state index is 0.370. The van der Waals surface area contributed by atoms with Crippen LogP contribution in [0.4, 0.5) is 0 Å². The number of aliphatic hydroxyl groups excluding tert-OH is 1. The van der Waals surface area contributed by atoms with Crippen LogP contribution in [0, 0.1) is 11.3 Å². The van der Waals surface area contributed by atoms with Crippen molar-refractivity contribution in [3.8, 4) is 5.75 Å². The Kier molecular flexibility index (Phi) is 3.63. The fourth-order valence-electron chi connectivity index (χ4n) is 4.77. The first-order valence-electron chi connectivity index (χ1n) is 8.41. The van der Waals surface area contributed by atoms with Crippen LogP contribution in [0.3, 0.4) is 0 Å². The molecule has 3 fully saturated rings. The van der Waals surface area contributed by atoms with Crippen molar-refractivity contribution in [2.24, 2.45) is 11.3 Å². The normalized spacial score (nSPS) is 32.9. The van der Waals surface area contributed by atoms with Crippen LogP contribution in [-0.4, -0.2) is 37.5 Å². The molecular weight excluding hydrogens is 278 g/mol. The first-order chi connectivity index (χ1) is 10.7. The van der Waals surface area contributed by atoms with E-state index in [1.165, 1.54) is 25.7 Å². The van der Waals surface area contributed by atoms with E-state index in [0.717, 1.165) is 17.9 Å². The predicted molar refractivity (Wildman–Crippen MR) is 83.9 cm³/mol. The van der Waals surface area contributed by atoms with E-state index in [1.807, 2.05) is 24.3 Å². The Morgan fingerprint density at radius 3 is 3.05 bits per heavy atom. The molecule has 0 amide bonds. The van der Waals surface area contributed by atoms with Gasteiger partial charge in [0, 0.05) is 30.5 Å². The summed E-state index contributed by atoms with van der Waals surface area (Å²) in [5.74, 6) is 1.44. The van der Waals surface area contributed by atoms with Crippen LogP contribution in [0.5, 0.6) is 5.75 Å². The standard InChI is InChI=1S/C18H25NO3/c1-21-13-5-2-4-12(10-13)15(20)11-19-16-14-6-9-22-17(14)18(16)7-3-8-18/h2,4-5,10,14-17,19-20H,3,6-9,11H2,1H3/t14-,15+,16+,17-/m1/s1. The molecule has 1 saturated heterocycles. The Morgan fingerprint density at radius 1 is 1.45 bits per heavy atom. The lowest BCUT2D eigenvalue weighted by Gasteiger charge is -2.63. The van der Waals surface area contributed by atoms with Crippen LogP contribution in [0.2, 0.25) is 0 Å². The van der Waals surface area contributed by atoms with Crippen molar-refractivity contribution in [2.45, 2.75) is 43.9 Å². The number of fused-ring (bicyclic) bond motifs is 2.